The van der Waals surface area contributed by atoms with Crippen molar-refractivity contribution < 1.29 is 4.39 Å². The molecule has 0 saturated carbocycles. The molecule has 3 aromatic rings. The average Bonchev–Trinajstić information content (AvgIpc) is 3.10. The summed E-state index contributed by atoms with van der Waals surface area (Å²) in [5, 5.41) is 3.80. The highest BCUT2D eigenvalue weighted by atomic mass is 32.1. The quantitative estimate of drug-likeness (QED) is 0.663. The van der Waals surface area contributed by atoms with Crippen LogP contribution < -0.4 is 5.32 Å². The second kappa shape index (κ2) is 6.92. The van der Waals surface area contributed by atoms with Gasteiger partial charge >= 0.3 is 0 Å². The first-order chi connectivity index (χ1) is 12.6. The number of aromatic nitrogens is 1. The molecule has 1 N–H and O–H groups in total. The lowest BCUT2D eigenvalue weighted by Crippen LogP contribution is -2.44. The van der Waals surface area contributed by atoms with Gasteiger partial charge < -0.3 is 14.8 Å². The molecule has 0 radical (unpaired) electrons. The van der Waals surface area contributed by atoms with Crippen molar-refractivity contribution >= 4 is 23.0 Å². The van der Waals surface area contributed by atoms with Crippen LogP contribution in [0.4, 0.5) is 10.1 Å². The number of benzene rings is 2. The maximum atomic E-state index is 13.5. The number of aryl methyl sites for hydroxylation is 1. The van der Waals surface area contributed by atoms with E-state index in [1.54, 1.807) is 6.07 Å². The normalized spacial score (nSPS) is 16.2. The van der Waals surface area contributed by atoms with Crippen LogP contribution in [0.25, 0.3) is 0 Å². The Bertz CT molecular complexity index is 932. The van der Waals surface area contributed by atoms with Crippen LogP contribution >= 0.6 is 12.2 Å². The van der Waals surface area contributed by atoms with Gasteiger partial charge in [-0.1, -0.05) is 35.9 Å². The molecule has 1 unspecified atom stereocenters. The molecule has 132 valence electrons. The third-order valence-electron chi connectivity index (χ3n) is 4.77. The van der Waals surface area contributed by atoms with E-state index in [1.165, 1.54) is 29.0 Å². The largest absolute Gasteiger partial charge is 0.348 e. The molecule has 1 aliphatic rings. The van der Waals surface area contributed by atoms with Crippen molar-refractivity contribution in [2.75, 3.05) is 11.9 Å². The fourth-order valence-corrected chi connectivity index (χ4v) is 3.78. The predicted octanol–water partition coefficient (Wildman–Crippen LogP) is 4.74. The summed E-state index contributed by atoms with van der Waals surface area (Å²) < 4.78 is 15.8. The summed E-state index contributed by atoms with van der Waals surface area (Å²) in [4.78, 5) is 2.18. The molecule has 1 aromatic heterocycles. The summed E-state index contributed by atoms with van der Waals surface area (Å²) in [6, 6.07) is 19.2. The Balaban J connectivity index is 1.67. The van der Waals surface area contributed by atoms with Gasteiger partial charge in [-0.05, 0) is 55.0 Å². The van der Waals surface area contributed by atoms with Crippen LogP contribution in [0, 0.1) is 12.7 Å². The van der Waals surface area contributed by atoms with E-state index in [0.717, 1.165) is 13.1 Å². The maximum absolute atomic E-state index is 13.5. The van der Waals surface area contributed by atoms with Crippen LogP contribution in [0.2, 0.25) is 0 Å². The molecule has 4 rings (SSSR count). The molecule has 0 bridgehead atoms. The van der Waals surface area contributed by atoms with E-state index in [9.17, 15) is 4.39 Å². The number of halogens is 1. The summed E-state index contributed by atoms with van der Waals surface area (Å²) in [5.74, 6) is -0.277. The van der Waals surface area contributed by atoms with Crippen LogP contribution in [0.3, 0.4) is 0 Å². The first-order valence-electron chi connectivity index (χ1n) is 8.66. The Morgan fingerprint density at radius 2 is 1.88 bits per heavy atom. The Morgan fingerprint density at radius 3 is 2.65 bits per heavy atom. The van der Waals surface area contributed by atoms with Crippen molar-refractivity contribution in [1.29, 1.82) is 0 Å². The number of fused-ring (bicyclic) bond motifs is 1. The third kappa shape index (κ3) is 3.22. The van der Waals surface area contributed by atoms with Gasteiger partial charge in [0.2, 0.25) is 0 Å². The molecule has 0 spiro atoms. The summed E-state index contributed by atoms with van der Waals surface area (Å²) in [7, 11) is 0. The van der Waals surface area contributed by atoms with E-state index in [-0.39, 0.29) is 11.9 Å². The smallest absolute Gasteiger partial charge is 0.174 e. The van der Waals surface area contributed by atoms with Crippen LogP contribution in [-0.2, 0) is 6.54 Å². The van der Waals surface area contributed by atoms with Gasteiger partial charge in [0.25, 0.3) is 0 Å². The molecule has 0 aliphatic carbocycles. The van der Waals surface area contributed by atoms with E-state index in [1.807, 2.05) is 6.07 Å². The fourth-order valence-electron chi connectivity index (χ4n) is 3.46. The fraction of sp³-hybridized carbons (Fsp3) is 0.190. The van der Waals surface area contributed by atoms with E-state index in [0.29, 0.717) is 10.8 Å². The molecule has 5 heteroatoms. The first kappa shape index (κ1) is 16.8. The lowest BCUT2D eigenvalue weighted by atomic mass is 9.99. The summed E-state index contributed by atoms with van der Waals surface area (Å²) in [6.45, 7) is 3.75. The second-order valence-corrected chi connectivity index (χ2v) is 6.96. The number of thiocarbonyl (C=S) groups is 1. The molecule has 0 amide bonds. The molecular formula is C21H20FN3S. The average molecular weight is 365 g/mol. The summed E-state index contributed by atoms with van der Waals surface area (Å²) in [5.41, 5.74) is 4.30. The van der Waals surface area contributed by atoms with E-state index in [2.05, 4.69) is 64.3 Å². The van der Waals surface area contributed by atoms with Gasteiger partial charge in [0, 0.05) is 30.7 Å². The van der Waals surface area contributed by atoms with Crippen LogP contribution in [0.5, 0.6) is 0 Å². The Kier molecular flexibility index (Phi) is 4.47. The van der Waals surface area contributed by atoms with Gasteiger partial charge in [-0.15, -0.1) is 0 Å². The molecule has 2 heterocycles. The topological polar surface area (TPSA) is 20.2 Å². The highest BCUT2D eigenvalue weighted by Gasteiger charge is 2.30. The number of nitrogens with one attached hydrogen (secondary N) is 1. The summed E-state index contributed by atoms with van der Waals surface area (Å²) >= 11 is 5.69. The number of nitrogens with zero attached hydrogens (tertiary/aromatic N) is 2. The zero-order valence-electron chi connectivity index (χ0n) is 14.5. The van der Waals surface area contributed by atoms with Gasteiger partial charge in [0.1, 0.15) is 5.82 Å². The minimum absolute atomic E-state index is 0.0351. The lowest BCUT2D eigenvalue weighted by molar-refractivity contribution is 0.293. The number of hydrogen-bond donors (Lipinski definition) is 1. The highest BCUT2D eigenvalue weighted by Crippen LogP contribution is 2.33. The van der Waals surface area contributed by atoms with E-state index in [4.69, 9.17) is 12.2 Å². The summed E-state index contributed by atoms with van der Waals surface area (Å²) in [6.07, 6.45) is 2.11. The van der Waals surface area contributed by atoms with Crippen molar-refractivity contribution in [2.24, 2.45) is 0 Å². The Hall–Kier alpha value is -2.66. The van der Waals surface area contributed by atoms with Gasteiger partial charge in [-0.2, -0.15) is 0 Å². The number of hydrogen-bond acceptors (Lipinski definition) is 1. The number of rotatable bonds is 2. The zero-order chi connectivity index (χ0) is 18.1. The maximum Gasteiger partial charge on any atom is 0.174 e. The molecule has 0 saturated heterocycles. The van der Waals surface area contributed by atoms with Crippen LogP contribution in [0.1, 0.15) is 22.9 Å². The molecule has 1 atom stereocenters. The standard InChI is InChI=1S/C21H20FN3S/c1-15-7-9-16(10-8-15)20-19-6-3-11-24(19)12-13-25(20)21(26)23-18-5-2-4-17(22)14-18/h2-11,14,20H,12-13H2,1H3,(H,23,26). The van der Waals surface area contributed by atoms with Crippen LogP contribution in [0.15, 0.2) is 66.9 Å². The molecular weight excluding hydrogens is 345 g/mol. The second-order valence-electron chi connectivity index (χ2n) is 6.57. The first-order valence-corrected chi connectivity index (χ1v) is 9.07. The lowest BCUT2D eigenvalue weighted by Gasteiger charge is -2.39. The van der Waals surface area contributed by atoms with E-state index < -0.39 is 0 Å². The van der Waals surface area contributed by atoms with Crippen molar-refractivity contribution in [2.45, 2.75) is 19.5 Å². The molecule has 26 heavy (non-hydrogen) atoms. The number of anilines is 1. The molecule has 1 aliphatic heterocycles. The van der Waals surface area contributed by atoms with Gasteiger partial charge in [0.15, 0.2) is 5.11 Å². The molecule has 0 fully saturated rings. The van der Waals surface area contributed by atoms with Crippen LogP contribution in [-0.4, -0.2) is 21.1 Å². The molecule has 2 aromatic carbocycles. The predicted molar refractivity (Wildman–Crippen MR) is 107 cm³/mol. The van der Waals surface area contributed by atoms with Gasteiger partial charge in [-0.25, -0.2) is 4.39 Å². The van der Waals surface area contributed by atoms with Crippen molar-refractivity contribution in [3.63, 3.8) is 0 Å². The highest BCUT2D eigenvalue weighted by molar-refractivity contribution is 7.80. The molecule has 3 nitrogen and oxygen atoms in total. The third-order valence-corrected chi connectivity index (χ3v) is 5.10. The minimum atomic E-state index is -0.277. The van der Waals surface area contributed by atoms with Gasteiger partial charge in [0.05, 0.1) is 6.04 Å². The van der Waals surface area contributed by atoms with Crippen molar-refractivity contribution in [1.82, 2.24) is 9.47 Å². The zero-order valence-corrected chi connectivity index (χ0v) is 15.3. The Labute approximate surface area is 158 Å². The monoisotopic (exact) mass is 365 g/mol. The minimum Gasteiger partial charge on any atom is -0.348 e. The van der Waals surface area contributed by atoms with Crippen molar-refractivity contribution in [3.8, 4) is 0 Å². The Morgan fingerprint density at radius 1 is 1.08 bits per heavy atom. The van der Waals surface area contributed by atoms with Crippen molar-refractivity contribution in [3.05, 3.63) is 89.5 Å². The van der Waals surface area contributed by atoms with E-state index >= 15 is 0 Å². The van der Waals surface area contributed by atoms with Gasteiger partial charge in [-0.3, -0.25) is 0 Å². The SMILES string of the molecule is Cc1ccc(C2c3cccn3CCN2C(=S)Nc2cccc(F)c2)cc1.